The third kappa shape index (κ3) is 4.62. The first-order chi connectivity index (χ1) is 9.81. The van der Waals surface area contributed by atoms with E-state index in [1.807, 2.05) is 23.6 Å². The van der Waals surface area contributed by atoms with Gasteiger partial charge in [0.15, 0.2) is 0 Å². The summed E-state index contributed by atoms with van der Waals surface area (Å²) in [6, 6.07) is 8.81. The molecule has 1 atom stereocenters. The van der Waals surface area contributed by atoms with Crippen LogP contribution in [0.2, 0.25) is 0 Å². The molecule has 0 saturated heterocycles. The fraction of sp³-hybridized carbons (Fsp3) is 0.438. The molecule has 1 N–H and O–H groups in total. The second-order valence-electron chi connectivity index (χ2n) is 4.85. The fourth-order valence-corrected chi connectivity index (χ4v) is 2.96. The Morgan fingerprint density at radius 2 is 2.20 bits per heavy atom. The van der Waals surface area contributed by atoms with Crippen LogP contribution in [-0.4, -0.2) is 24.7 Å². The summed E-state index contributed by atoms with van der Waals surface area (Å²) in [5, 5.41) is 5.77. The molecule has 3 nitrogen and oxygen atoms in total. The van der Waals surface area contributed by atoms with E-state index in [-0.39, 0.29) is 0 Å². The monoisotopic (exact) mass is 290 g/mol. The first-order valence-electron chi connectivity index (χ1n) is 7.06. The van der Waals surface area contributed by atoms with Crippen molar-refractivity contribution < 1.29 is 4.74 Å². The molecule has 0 fully saturated rings. The summed E-state index contributed by atoms with van der Waals surface area (Å²) in [5.41, 5.74) is 1.25. The van der Waals surface area contributed by atoms with E-state index in [1.165, 1.54) is 10.4 Å². The van der Waals surface area contributed by atoms with Gasteiger partial charge in [-0.3, -0.25) is 0 Å². The van der Waals surface area contributed by atoms with Gasteiger partial charge in [-0.2, -0.15) is 0 Å². The molecule has 0 aliphatic carbocycles. The average molecular weight is 290 g/mol. The van der Waals surface area contributed by atoms with E-state index in [0.29, 0.717) is 11.9 Å². The topological polar surface area (TPSA) is 34.1 Å². The number of thiophene rings is 1. The first kappa shape index (κ1) is 15.0. The number of pyridine rings is 1. The molecule has 2 rings (SSSR count). The Balaban J connectivity index is 1.98. The molecule has 0 aromatic carbocycles. The second-order valence-corrected chi connectivity index (χ2v) is 5.88. The summed E-state index contributed by atoms with van der Waals surface area (Å²) in [6.07, 6.45) is 5.13. The minimum atomic E-state index is 0.462. The summed E-state index contributed by atoms with van der Waals surface area (Å²) in [6.45, 7) is 3.25. The zero-order valence-corrected chi connectivity index (χ0v) is 13.0. The highest BCUT2D eigenvalue weighted by molar-refractivity contribution is 7.09. The Labute approximate surface area is 125 Å². The second kappa shape index (κ2) is 8.02. The minimum Gasteiger partial charge on any atom is -0.481 e. The lowest BCUT2D eigenvalue weighted by Gasteiger charge is -2.18. The third-order valence-corrected chi connectivity index (χ3v) is 4.10. The molecule has 2 aromatic rings. The van der Waals surface area contributed by atoms with E-state index in [9.17, 15) is 0 Å². The van der Waals surface area contributed by atoms with Crippen molar-refractivity contribution in [2.75, 3.05) is 13.7 Å². The van der Waals surface area contributed by atoms with E-state index in [0.717, 1.165) is 25.8 Å². The van der Waals surface area contributed by atoms with Crippen molar-refractivity contribution in [2.24, 2.45) is 0 Å². The highest BCUT2D eigenvalue weighted by atomic mass is 32.1. The van der Waals surface area contributed by atoms with Crippen LogP contribution in [0.1, 0.15) is 23.8 Å². The quantitative estimate of drug-likeness (QED) is 0.810. The van der Waals surface area contributed by atoms with Crippen molar-refractivity contribution in [3.8, 4) is 5.88 Å². The molecule has 2 aromatic heterocycles. The van der Waals surface area contributed by atoms with Crippen LogP contribution in [0.5, 0.6) is 5.88 Å². The van der Waals surface area contributed by atoms with Gasteiger partial charge in [0.05, 0.1) is 7.11 Å². The molecule has 0 amide bonds. The van der Waals surface area contributed by atoms with Crippen LogP contribution in [0.15, 0.2) is 35.8 Å². The lowest BCUT2D eigenvalue weighted by atomic mass is 10.0. The number of rotatable bonds is 8. The lowest BCUT2D eigenvalue weighted by molar-refractivity contribution is 0.397. The normalized spacial score (nSPS) is 12.3. The number of nitrogens with zero attached hydrogens (tertiary/aromatic N) is 1. The molecular formula is C16H22N2OS. The molecule has 20 heavy (non-hydrogen) atoms. The average Bonchev–Trinajstić information content (AvgIpc) is 2.98. The van der Waals surface area contributed by atoms with Gasteiger partial charge in [-0.05, 0) is 42.8 Å². The summed E-state index contributed by atoms with van der Waals surface area (Å²) < 4.78 is 5.10. The maximum atomic E-state index is 5.10. The predicted octanol–water partition coefficient (Wildman–Crippen LogP) is 3.31. The van der Waals surface area contributed by atoms with Gasteiger partial charge in [0, 0.05) is 23.2 Å². The zero-order chi connectivity index (χ0) is 14.2. The Morgan fingerprint density at radius 3 is 2.80 bits per heavy atom. The van der Waals surface area contributed by atoms with Crippen molar-refractivity contribution in [3.63, 3.8) is 0 Å². The standard InChI is InChI=1S/C16H22N2OS/c1-3-8-17-14(11-15-5-4-9-20-15)10-13-6-7-16(19-2)18-12-13/h4-7,9,12,14,17H,3,8,10-11H2,1-2H3. The van der Waals surface area contributed by atoms with Gasteiger partial charge >= 0.3 is 0 Å². The molecule has 2 heterocycles. The smallest absolute Gasteiger partial charge is 0.212 e. The maximum absolute atomic E-state index is 5.10. The molecule has 0 spiro atoms. The number of hydrogen-bond acceptors (Lipinski definition) is 4. The van der Waals surface area contributed by atoms with Gasteiger partial charge in [0.1, 0.15) is 0 Å². The number of nitrogens with one attached hydrogen (secondary N) is 1. The number of methoxy groups -OCH3 is 1. The largest absolute Gasteiger partial charge is 0.481 e. The van der Waals surface area contributed by atoms with Crippen molar-refractivity contribution >= 4 is 11.3 Å². The van der Waals surface area contributed by atoms with Crippen molar-refractivity contribution in [2.45, 2.75) is 32.2 Å². The van der Waals surface area contributed by atoms with Crippen LogP contribution in [0.25, 0.3) is 0 Å². The van der Waals surface area contributed by atoms with Gasteiger partial charge in [0.25, 0.3) is 0 Å². The molecule has 1 unspecified atom stereocenters. The summed E-state index contributed by atoms with van der Waals surface area (Å²) in [5.74, 6) is 0.671. The first-order valence-corrected chi connectivity index (χ1v) is 7.94. The van der Waals surface area contributed by atoms with Gasteiger partial charge < -0.3 is 10.1 Å². The van der Waals surface area contributed by atoms with Crippen LogP contribution in [0.3, 0.4) is 0 Å². The van der Waals surface area contributed by atoms with Crippen molar-refractivity contribution in [1.82, 2.24) is 10.3 Å². The van der Waals surface area contributed by atoms with Gasteiger partial charge in [-0.1, -0.05) is 19.1 Å². The van der Waals surface area contributed by atoms with Crippen molar-refractivity contribution in [3.05, 3.63) is 46.3 Å². The Bertz CT molecular complexity index is 482. The zero-order valence-electron chi connectivity index (χ0n) is 12.1. The van der Waals surface area contributed by atoms with Crippen LogP contribution >= 0.6 is 11.3 Å². The SMILES string of the molecule is CCCNC(Cc1ccc(OC)nc1)Cc1cccs1. The maximum Gasteiger partial charge on any atom is 0.212 e. The lowest BCUT2D eigenvalue weighted by Crippen LogP contribution is -2.33. The molecule has 0 saturated carbocycles. The Morgan fingerprint density at radius 1 is 1.30 bits per heavy atom. The fourth-order valence-electron chi connectivity index (χ4n) is 2.17. The van der Waals surface area contributed by atoms with E-state index < -0.39 is 0 Å². The highest BCUT2D eigenvalue weighted by Gasteiger charge is 2.11. The van der Waals surface area contributed by atoms with E-state index in [2.05, 4.69) is 40.8 Å². The van der Waals surface area contributed by atoms with Crippen molar-refractivity contribution in [1.29, 1.82) is 0 Å². The van der Waals surface area contributed by atoms with Crippen LogP contribution in [0.4, 0.5) is 0 Å². The van der Waals surface area contributed by atoms with E-state index in [4.69, 9.17) is 4.74 Å². The molecule has 0 radical (unpaired) electrons. The highest BCUT2D eigenvalue weighted by Crippen LogP contribution is 2.15. The van der Waals surface area contributed by atoms with Gasteiger partial charge in [-0.25, -0.2) is 4.98 Å². The summed E-state index contributed by atoms with van der Waals surface area (Å²) in [7, 11) is 1.64. The molecule has 0 aliphatic rings. The Kier molecular flexibility index (Phi) is 6.02. The summed E-state index contributed by atoms with van der Waals surface area (Å²) in [4.78, 5) is 5.71. The van der Waals surface area contributed by atoms with Gasteiger partial charge in [-0.15, -0.1) is 11.3 Å². The number of hydrogen-bond donors (Lipinski definition) is 1. The third-order valence-electron chi connectivity index (χ3n) is 3.20. The Hall–Kier alpha value is -1.39. The molecule has 0 bridgehead atoms. The van der Waals surface area contributed by atoms with Gasteiger partial charge in [0.2, 0.25) is 5.88 Å². The molecule has 4 heteroatoms. The molecule has 0 aliphatic heterocycles. The predicted molar refractivity (Wildman–Crippen MR) is 84.6 cm³/mol. The van der Waals surface area contributed by atoms with Crippen LogP contribution in [0, 0.1) is 0 Å². The van der Waals surface area contributed by atoms with E-state index in [1.54, 1.807) is 7.11 Å². The minimum absolute atomic E-state index is 0.462. The summed E-state index contributed by atoms with van der Waals surface area (Å²) >= 11 is 1.83. The van der Waals surface area contributed by atoms with E-state index >= 15 is 0 Å². The number of aromatic nitrogens is 1. The number of ether oxygens (including phenoxy) is 1. The molecule has 108 valence electrons. The van der Waals surface area contributed by atoms with Crippen LogP contribution in [-0.2, 0) is 12.8 Å². The van der Waals surface area contributed by atoms with Crippen LogP contribution < -0.4 is 10.1 Å². The molecular weight excluding hydrogens is 268 g/mol.